The van der Waals surface area contributed by atoms with E-state index in [0.29, 0.717) is 17.1 Å². The van der Waals surface area contributed by atoms with Crippen LogP contribution in [0.2, 0.25) is 0 Å². The Labute approximate surface area is 160 Å². The fourth-order valence-electron chi connectivity index (χ4n) is 2.85. The number of nitrogens with zero attached hydrogens (tertiary/aromatic N) is 5. The van der Waals surface area contributed by atoms with E-state index in [0.717, 1.165) is 17.5 Å². The minimum absolute atomic E-state index is 0.303. The fraction of sp³-hybridized carbons (Fsp3) is 0.150. The van der Waals surface area contributed by atoms with E-state index in [-0.39, 0.29) is 5.82 Å². The molecule has 5 nitrogen and oxygen atoms in total. The Kier molecular flexibility index (Phi) is 5.02. The number of halogens is 1. The number of hydrogen-bond donors (Lipinski definition) is 0. The maximum Gasteiger partial charge on any atom is 0.191 e. The molecule has 0 unspecified atom stereocenters. The highest BCUT2D eigenvalue weighted by Gasteiger charge is 2.15. The smallest absolute Gasteiger partial charge is 0.191 e. The quantitative estimate of drug-likeness (QED) is 0.472. The van der Waals surface area contributed by atoms with E-state index in [4.69, 9.17) is 0 Å². The van der Waals surface area contributed by atoms with Crippen molar-refractivity contribution in [3.8, 4) is 11.4 Å². The van der Waals surface area contributed by atoms with E-state index in [9.17, 15) is 4.39 Å². The molecule has 0 amide bonds. The number of thioether (sulfide) groups is 1. The summed E-state index contributed by atoms with van der Waals surface area (Å²) in [4.78, 5) is 4.46. The molecule has 0 spiro atoms. The molecule has 0 saturated carbocycles. The second-order valence-electron chi connectivity index (χ2n) is 6.09. The lowest BCUT2D eigenvalue weighted by atomic mass is 10.2. The van der Waals surface area contributed by atoms with E-state index >= 15 is 0 Å². The van der Waals surface area contributed by atoms with Crippen molar-refractivity contribution in [1.82, 2.24) is 24.3 Å². The molecule has 0 saturated heterocycles. The van der Waals surface area contributed by atoms with Gasteiger partial charge in [0.15, 0.2) is 11.0 Å². The maximum absolute atomic E-state index is 14.0. The lowest BCUT2D eigenvalue weighted by Gasteiger charge is -2.08. The summed E-state index contributed by atoms with van der Waals surface area (Å²) in [5.41, 5.74) is 1.67. The van der Waals surface area contributed by atoms with Crippen molar-refractivity contribution in [2.24, 2.45) is 7.05 Å². The largest absolute Gasteiger partial charge is 0.330 e. The van der Waals surface area contributed by atoms with Crippen molar-refractivity contribution >= 4 is 11.8 Å². The molecular weight excluding hydrogens is 361 g/mol. The van der Waals surface area contributed by atoms with Gasteiger partial charge in [0.25, 0.3) is 0 Å². The molecule has 0 fully saturated rings. The molecule has 0 N–H and O–H groups in total. The highest BCUT2D eigenvalue weighted by Crippen LogP contribution is 2.26. The molecule has 7 heteroatoms. The molecule has 0 aliphatic carbocycles. The zero-order valence-corrected chi connectivity index (χ0v) is 15.6. The first-order valence-electron chi connectivity index (χ1n) is 8.53. The molecule has 2 aromatic heterocycles. The Morgan fingerprint density at radius 1 is 1.00 bits per heavy atom. The Morgan fingerprint density at radius 3 is 2.59 bits per heavy atom. The third-order valence-electron chi connectivity index (χ3n) is 4.28. The van der Waals surface area contributed by atoms with Gasteiger partial charge >= 0.3 is 0 Å². The third kappa shape index (κ3) is 3.78. The number of imidazole rings is 1. The minimum Gasteiger partial charge on any atom is -0.330 e. The maximum atomic E-state index is 14.0. The topological polar surface area (TPSA) is 48.5 Å². The molecule has 0 aliphatic heterocycles. The summed E-state index contributed by atoms with van der Waals surface area (Å²) in [6.07, 6.45) is 3.78. The minimum atomic E-state index is -0.303. The second kappa shape index (κ2) is 7.75. The van der Waals surface area contributed by atoms with Crippen molar-refractivity contribution in [3.05, 3.63) is 84.2 Å². The first-order valence-corrected chi connectivity index (χ1v) is 9.52. The van der Waals surface area contributed by atoms with Gasteiger partial charge in [0.1, 0.15) is 11.6 Å². The molecule has 0 radical (unpaired) electrons. The van der Waals surface area contributed by atoms with Crippen molar-refractivity contribution in [2.75, 3.05) is 0 Å². The number of benzene rings is 2. The Morgan fingerprint density at radius 2 is 1.78 bits per heavy atom. The lowest BCUT2D eigenvalue weighted by molar-refractivity contribution is 0.628. The van der Waals surface area contributed by atoms with Gasteiger partial charge < -0.3 is 9.13 Å². The van der Waals surface area contributed by atoms with E-state index in [1.54, 1.807) is 24.4 Å². The van der Waals surface area contributed by atoms with E-state index < -0.39 is 0 Å². The molecule has 136 valence electrons. The van der Waals surface area contributed by atoms with Crippen LogP contribution >= 0.6 is 11.8 Å². The van der Waals surface area contributed by atoms with Crippen molar-refractivity contribution < 1.29 is 4.39 Å². The number of aromatic nitrogens is 5. The monoisotopic (exact) mass is 379 g/mol. The summed E-state index contributed by atoms with van der Waals surface area (Å²) in [7, 11) is 1.85. The first kappa shape index (κ1) is 17.5. The van der Waals surface area contributed by atoms with E-state index in [1.165, 1.54) is 23.4 Å². The molecule has 0 aliphatic rings. The highest BCUT2D eigenvalue weighted by molar-refractivity contribution is 7.98. The molecule has 2 aromatic carbocycles. The van der Waals surface area contributed by atoms with Crippen LogP contribution in [0.1, 0.15) is 11.4 Å². The van der Waals surface area contributed by atoms with Crippen molar-refractivity contribution in [3.63, 3.8) is 0 Å². The van der Waals surface area contributed by atoms with E-state index in [1.807, 2.05) is 36.0 Å². The van der Waals surface area contributed by atoms with Crippen LogP contribution in [0.25, 0.3) is 11.4 Å². The molecule has 0 bridgehead atoms. The van der Waals surface area contributed by atoms with Gasteiger partial charge in [-0.1, -0.05) is 54.2 Å². The van der Waals surface area contributed by atoms with Crippen LogP contribution in [0.3, 0.4) is 0 Å². The number of rotatable bonds is 6. The van der Waals surface area contributed by atoms with Gasteiger partial charge in [-0.25, -0.2) is 9.37 Å². The Hall–Kier alpha value is -2.93. The summed E-state index contributed by atoms with van der Waals surface area (Å²) >= 11 is 1.53. The average molecular weight is 379 g/mol. The van der Waals surface area contributed by atoms with Crippen molar-refractivity contribution in [1.29, 1.82) is 0 Å². The van der Waals surface area contributed by atoms with Crippen LogP contribution in [0.15, 0.2) is 72.1 Å². The third-order valence-corrected chi connectivity index (χ3v) is 5.29. The molecule has 2 heterocycles. The average Bonchev–Trinajstić information content (AvgIpc) is 3.28. The van der Waals surface area contributed by atoms with Crippen LogP contribution in [-0.4, -0.2) is 24.3 Å². The van der Waals surface area contributed by atoms with Crippen LogP contribution in [0.5, 0.6) is 0 Å². The fourth-order valence-corrected chi connectivity index (χ4v) is 3.73. The second-order valence-corrected chi connectivity index (χ2v) is 7.03. The van der Waals surface area contributed by atoms with Gasteiger partial charge in [-0.05, 0) is 17.7 Å². The summed E-state index contributed by atoms with van der Waals surface area (Å²) < 4.78 is 18.0. The molecule has 0 atom stereocenters. The van der Waals surface area contributed by atoms with E-state index in [2.05, 4.69) is 31.9 Å². The van der Waals surface area contributed by atoms with Gasteiger partial charge in [-0.3, -0.25) is 0 Å². The zero-order chi connectivity index (χ0) is 18.6. The van der Waals surface area contributed by atoms with Crippen LogP contribution in [0.4, 0.5) is 4.39 Å². The molecule has 4 aromatic rings. The predicted molar refractivity (Wildman–Crippen MR) is 104 cm³/mol. The van der Waals surface area contributed by atoms with Crippen molar-refractivity contribution in [2.45, 2.75) is 17.5 Å². The molecular formula is C20H18FN5S. The number of hydrogen-bond acceptors (Lipinski definition) is 4. The SMILES string of the molecule is Cn1c(SCc2nccn2Cc2ccccc2)nnc1-c1ccccc1F. The Bertz CT molecular complexity index is 1040. The predicted octanol–water partition coefficient (Wildman–Crippen LogP) is 4.16. The standard InChI is InChI=1S/C20H18FN5S/c1-25-19(16-9-5-6-10-17(16)21)23-24-20(25)27-14-18-22-11-12-26(18)13-15-7-3-2-4-8-15/h2-12H,13-14H2,1H3. The molecule has 4 rings (SSSR count). The lowest BCUT2D eigenvalue weighted by Crippen LogP contribution is -2.04. The van der Waals surface area contributed by atoms with Gasteiger partial charge in [0.05, 0.1) is 11.3 Å². The van der Waals surface area contributed by atoms with Crippen LogP contribution < -0.4 is 0 Å². The van der Waals surface area contributed by atoms with Crippen LogP contribution in [-0.2, 0) is 19.3 Å². The van der Waals surface area contributed by atoms with Crippen LogP contribution in [0, 0.1) is 5.82 Å². The summed E-state index contributed by atoms with van der Waals surface area (Å²) in [6, 6.07) is 16.9. The zero-order valence-electron chi connectivity index (χ0n) is 14.8. The van der Waals surface area contributed by atoms with Gasteiger partial charge in [-0.15, -0.1) is 10.2 Å². The normalized spacial score (nSPS) is 11.0. The summed E-state index contributed by atoms with van der Waals surface area (Å²) in [5.74, 6) is 1.83. The van der Waals surface area contributed by atoms with Gasteiger partial charge in [0, 0.05) is 26.0 Å². The molecule has 27 heavy (non-hydrogen) atoms. The Balaban J connectivity index is 1.49. The summed E-state index contributed by atoms with van der Waals surface area (Å²) in [5, 5.41) is 9.10. The highest BCUT2D eigenvalue weighted by atomic mass is 32.2. The first-order chi connectivity index (χ1) is 13.2. The summed E-state index contributed by atoms with van der Waals surface area (Å²) in [6.45, 7) is 0.774. The van der Waals surface area contributed by atoms with Gasteiger partial charge in [0.2, 0.25) is 0 Å². The van der Waals surface area contributed by atoms with Gasteiger partial charge in [-0.2, -0.15) is 0 Å².